The molecule has 0 spiro atoms. The van der Waals surface area contributed by atoms with Gasteiger partial charge in [-0.15, -0.1) is 0 Å². The Morgan fingerprint density at radius 3 is 1.39 bits per heavy atom. The largest absolute Gasteiger partial charge is 0.480 e. The van der Waals surface area contributed by atoms with E-state index in [1.54, 1.807) is 0 Å². The summed E-state index contributed by atoms with van der Waals surface area (Å²) in [4.78, 5) is 46.0. The van der Waals surface area contributed by atoms with E-state index in [-0.39, 0.29) is 19.4 Å². The molecular formula is C47H80NO10P. The third kappa shape index (κ3) is 41.4. The molecule has 0 heterocycles. The monoisotopic (exact) mass is 850 g/mol. The van der Waals surface area contributed by atoms with Crippen LogP contribution in [-0.4, -0.2) is 59.9 Å². The van der Waals surface area contributed by atoms with E-state index in [4.69, 9.17) is 24.8 Å². The molecule has 4 N–H and O–H groups in total. The minimum absolute atomic E-state index is 0.0343. The van der Waals surface area contributed by atoms with Crippen LogP contribution in [0.2, 0.25) is 0 Å². The molecule has 0 aliphatic carbocycles. The van der Waals surface area contributed by atoms with Gasteiger partial charge in [-0.05, 0) is 51.4 Å². The van der Waals surface area contributed by atoms with E-state index in [0.29, 0.717) is 19.3 Å². The van der Waals surface area contributed by atoms with Crippen molar-refractivity contribution >= 4 is 25.7 Å². The molecule has 0 saturated carbocycles. The van der Waals surface area contributed by atoms with Crippen LogP contribution in [0.1, 0.15) is 174 Å². The first kappa shape index (κ1) is 55.9. The summed E-state index contributed by atoms with van der Waals surface area (Å²) in [6.45, 7) is 2.62. The molecule has 0 fully saturated rings. The van der Waals surface area contributed by atoms with Crippen LogP contribution in [0.3, 0.4) is 0 Å². The molecule has 12 heteroatoms. The quantitative estimate of drug-likeness (QED) is 0.0231. The van der Waals surface area contributed by atoms with Crippen molar-refractivity contribution < 1.29 is 47.5 Å². The Labute approximate surface area is 357 Å². The Hall–Kier alpha value is -3.08. The molecule has 0 aromatic carbocycles. The van der Waals surface area contributed by atoms with E-state index < -0.39 is 51.1 Å². The highest BCUT2D eigenvalue weighted by atomic mass is 31.2. The number of rotatable bonds is 41. The van der Waals surface area contributed by atoms with Gasteiger partial charge in [-0.1, -0.05) is 183 Å². The maximum Gasteiger partial charge on any atom is 0.472 e. The van der Waals surface area contributed by atoms with Crippen molar-refractivity contribution in [2.45, 2.75) is 187 Å². The predicted octanol–water partition coefficient (Wildman–Crippen LogP) is 12.1. The van der Waals surface area contributed by atoms with E-state index in [0.717, 1.165) is 51.4 Å². The standard InChI is InChI=1S/C47H80NO10P/c1-3-5-7-9-11-13-15-17-19-21-22-23-25-27-29-31-33-35-37-39-46(50)58-43(41-56-59(53,54)57-42-44(48)47(51)52)40-55-45(49)38-36-34-32-30-28-26-24-20-18-16-14-12-10-8-6-4-2/h5,7,11,13,17,19,22-23,27,29,33,35,43-44H,3-4,6,8-10,12,14-16,18,20-21,24-26,28,30-32,34,36-42,48H2,1-2H3,(H,51,52)(H,53,54)/b7-5+,13-11+,19-17+,23-22+,29-27+,35-33+/t43-,44+/m1/s1. The van der Waals surface area contributed by atoms with Crippen LogP contribution in [0.25, 0.3) is 0 Å². The Balaban J connectivity index is 4.47. The van der Waals surface area contributed by atoms with Crippen LogP contribution in [0.5, 0.6) is 0 Å². The molecule has 338 valence electrons. The van der Waals surface area contributed by atoms with Crippen molar-refractivity contribution in [3.05, 3.63) is 72.9 Å². The summed E-state index contributed by atoms with van der Waals surface area (Å²) in [5.41, 5.74) is 5.33. The van der Waals surface area contributed by atoms with E-state index >= 15 is 0 Å². The molecule has 3 atom stereocenters. The van der Waals surface area contributed by atoms with Crippen molar-refractivity contribution in [3.63, 3.8) is 0 Å². The van der Waals surface area contributed by atoms with Gasteiger partial charge in [0.1, 0.15) is 12.6 Å². The van der Waals surface area contributed by atoms with Crippen molar-refractivity contribution in [2.75, 3.05) is 19.8 Å². The first-order chi connectivity index (χ1) is 28.6. The second kappa shape index (κ2) is 41.6. The highest BCUT2D eigenvalue weighted by Crippen LogP contribution is 2.43. The Morgan fingerprint density at radius 1 is 0.542 bits per heavy atom. The number of hydrogen-bond donors (Lipinski definition) is 3. The van der Waals surface area contributed by atoms with Gasteiger partial charge in [-0.25, -0.2) is 4.57 Å². The molecular weight excluding hydrogens is 769 g/mol. The van der Waals surface area contributed by atoms with Crippen molar-refractivity contribution in [3.8, 4) is 0 Å². The number of hydrogen-bond acceptors (Lipinski definition) is 9. The molecule has 0 bridgehead atoms. The van der Waals surface area contributed by atoms with Crippen molar-refractivity contribution in [1.29, 1.82) is 0 Å². The van der Waals surface area contributed by atoms with Gasteiger partial charge < -0.3 is 25.2 Å². The zero-order valence-electron chi connectivity index (χ0n) is 36.6. The van der Waals surface area contributed by atoms with Crippen LogP contribution in [-0.2, 0) is 37.5 Å². The van der Waals surface area contributed by atoms with Crippen molar-refractivity contribution in [1.82, 2.24) is 0 Å². The number of aliphatic carboxylic acids is 1. The third-order valence-corrected chi connectivity index (χ3v) is 10.2. The number of unbranched alkanes of at least 4 members (excludes halogenated alkanes) is 15. The lowest BCUT2D eigenvalue weighted by atomic mass is 10.0. The van der Waals surface area contributed by atoms with Gasteiger partial charge in [0.15, 0.2) is 6.10 Å². The number of esters is 2. The van der Waals surface area contributed by atoms with E-state index in [1.807, 2.05) is 18.2 Å². The number of carboxylic acids is 1. The predicted molar refractivity (Wildman–Crippen MR) is 240 cm³/mol. The fraction of sp³-hybridized carbons (Fsp3) is 0.681. The fourth-order valence-electron chi connectivity index (χ4n) is 5.74. The molecule has 0 radical (unpaired) electrons. The summed E-state index contributed by atoms with van der Waals surface area (Å²) < 4.78 is 32.6. The van der Waals surface area contributed by atoms with Crippen molar-refractivity contribution in [2.24, 2.45) is 5.73 Å². The number of nitrogens with two attached hydrogens (primary N) is 1. The van der Waals surface area contributed by atoms with Crippen LogP contribution in [0.4, 0.5) is 0 Å². The third-order valence-electron chi connectivity index (χ3n) is 9.23. The normalized spacial score (nSPS) is 14.4. The second-order valence-corrected chi connectivity index (χ2v) is 16.3. The maximum atomic E-state index is 12.6. The Kier molecular flexibility index (Phi) is 39.5. The Bertz CT molecular complexity index is 1280. The molecule has 0 aliphatic heterocycles. The second-order valence-electron chi connectivity index (χ2n) is 14.8. The molecule has 59 heavy (non-hydrogen) atoms. The average molecular weight is 850 g/mol. The molecule has 1 unspecified atom stereocenters. The molecule has 0 aromatic rings. The lowest BCUT2D eigenvalue weighted by molar-refractivity contribution is -0.161. The van der Waals surface area contributed by atoms with Crippen LogP contribution < -0.4 is 5.73 Å². The van der Waals surface area contributed by atoms with Gasteiger partial charge >= 0.3 is 25.7 Å². The zero-order valence-corrected chi connectivity index (χ0v) is 37.5. The summed E-state index contributed by atoms with van der Waals surface area (Å²) >= 11 is 0. The summed E-state index contributed by atoms with van der Waals surface area (Å²) in [5.74, 6) is -2.49. The molecule has 11 nitrogen and oxygen atoms in total. The number of phosphoric ester groups is 1. The van der Waals surface area contributed by atoms with Gasteiger partial charge in [-0.3, -0.25) is 23.4 Å². The molecule has 0 amide bonds. The molecule has 0 aromatic heterocycles. The van der Waals surface area contributed by atoms with Gasteiger partial charge in [0.25, 0.3) is 0 Å². The summed E-state index contributed by atoms with van der Waals surface area (Å²) in [5, 5.41) is 8.89. The number of carbonyl (C=O) groups is 3. The van der Waals surface area contributed by atoms with Crippen LogP contribution in [0, 0.1) is 0 Å². The zero-order chi connectivity index (χ0) is 43.5. The fourth-order valence-corrected chi connectivity index (χ4v) is 6.52. The summed E-state index contributed by atoms with van der Waals surface area (Å²) in [7, 11) is -4.74. The minimum atomic E-state index is -4.74. The molecule has 0 rings (SSSR count). The number of phosphoric acid groups is 1. The summed E-state index contributed by atoms with van der Waals surface area (Å²) in [6.07, 6.45) is 49.8. The number of carbonyl (C=O) groups excluding carboxylic acids is 2. The van der Waals surface area contributed by atoms with Crippen LogP contribution >= 0.6 is 7.82 Å². The lowest BCUT2D eigenvalue weighted by Crippen LogP contribution is -2.34. The smallest absolute Gasteiger partial charge is 0.472 e. The van der Waals surface area contributed by atoms with E-state index in [2.05, 4.69) is 73.1 Å². The lowest BCUT2D eigenvalue weighted by Gasteiger charge is -2.20. The molecule has 0 aliphatic rings. The van der Waals surface area contributed by atoms with Gasteiger partial charge in [0, 0.05) is 12.8 Å². The van der Waals surface area contributed by atoms with E-state index in [9.17, 15) is 23.8 Å². The van der Waals surface area contributed by atoms with Gasteiger partial charge in [0.05, 0.1) is 13.2 Å². The van der Waals surface area contributed by atoms with Gasteiger partial charge in [0.2, 0.25) is 0 Å². The SMILES string of the molecule is CC/C=C/C/C=C/C/C=C/C/C=C/C/C=C/C/C=C/CCC(=O)O[C@H](COC(=O)CCCCCCCCCCCCCCCCCC)COP(=O)(O)OC[C@H](N)C(=O)O. The topological polar surface area (TPSA) is 172 Å². The summed E-state index contributed by atoms with van der Waals surface area (Å²) in [6, 6.07) is -1.53. The first-order valence-electron chi connectivity index (χ1n) is 22.5. The molecule has 0 saturated heterocycles. The first-order valence-corrected chi connectivity index (χ1v) is 24.0. The van der Waals surface area contributed by atoms with Crippen LogP contribution in [0.15, 0.2) is 72.9 Å². The highest BCUT2D eigenvalue weighted by Gasteiger charge is 2.28. The highest BCUT2D eigenvalue weighted by molar-refractivity contribution is 7.47. The average Bonchev–Trinajstić information content (AvgIpc) is 3.21. The Morgan fingerprint density at radius 2 is 0.949 bits per heavy atom. The van der Waals surface area contributed by atoms with E-state index in [1.165, 1.54) is 77.0 Å². The number of allylic oxidation sites excluding steroid dienone is 12. The number of carboxylic acid groups (broad SMARTS) is 1. The maximum absolute atomic E-state index is 12.6. The minimum Gasteiger partial charge on any atom is -0.480 e. The number of ether oxygens (including phenoxy) is 2. The van der Waals surface area contributed by atoms with Gasteiger partial charge in [-0.2, -0.15) is 0 Å².